The van der Waals surface area contributed by atoms with Crippen molar-refractivity contribution in [1.29, 1.82) is 0 Å². The summed E-state index contributed by atoms with van der Waals surface area (Å²) in [5.74, 6) is 2.07. The predicted molar refractivity (Wildman–Crippen MR) is 128 cm³/mol. The molecule has 0 spiro atoms. The Kier molecular flexibility index (Phi) is 9.60. The fraction of sp³-hybridized carbons (Fsp3) is 0.500. The minimum Gasteiger partial charge on any atom is -0.487 e. The van der Waals surface area contributed by atoms with Crippen molar-refractivity contribution in [3.63, 3.8) is 0 Å². The second kappa shape index (κ2) is 11.7. The van der Waals surface area contributed by atoms with Gasteiger partial charge < -0.3 is 15.8 Å². The van der Waals surface area contributed by atoms with E-state index >= 15 is 0 Å². The summed E-state index contributed by atoms with van der Waals surface area (Å²) in [7, 11) is 0. The first-order chi connectivity index (χ1) is 14.1. The molecule has 7 heteroatoms. The van der Waals surface area contributed by atoms with Gasteiger partial charge in [-0.05, 0) is 74.3 Å². The Balaban J connectivity index is 0.00000171. The topological polar surface area (TPSA) is 77.2 Å². The van der Waals surface area contributed by atoms with E-state index in [-0.39, 0.29) is 48.7 Å². The fourth-order valence-corrected chi connectivity index (χ4v) is 4.93. The third-order valence-electron chi connectivity index (χ3n) is 6.61. The smallest absolute Gasteiger partial charge is 0.223 e. The van der Waals surface area contributed by atoms with Gasteiger partial charge in [0, 0.05) is 18.2 Å². The minimum atomic E-state index is -0.0589. The van der Waals surface area contributed by atoms with Gasteiger partial charge >= 0.3 is 0 Å². The van der Waals surface area contributed by atoms with E-state index in [1.807, 2.05) is 49.4 Å². The molecule has 0 radical (unpaired) electrons. The van der Waals surface area contributed by atoms with Crippen molar-refractivity contribution in [2.45, 2.75) is 57.7 Å². The molecule has 1 aromatic heterocycles. The SMILES string of the molecule is CC(NC(=O)C1CC2CCCC(C1)C2N)c1cccc(OCc2ccccn2)c1.Cl.Cl. The summed E-state index contributed by atoms with van der Waals surface area (Å²) in [6.45, 7) is 2.46. The molecule has 3 unspecified atom stereocenters. The molecule has 1 amide bonds. The van der Waals surface area contributed by atoms with Crippen molar-refractivity contribution < 1.29 is 9.53 Å². The Hall–Kier alpha value is -1.82. The molecule has 4 rings (SSSR count). The molecule has 1 heterocycles. The van der Waals surface area contributed by atoms with Crippen molar-refractivity contribution in [3.8, 4) is 5.75 Å². The lowest BCUT2D eigenvalue weighted by atomic mass is 9.65. The highest BCUT2D eigenvalue weighted by molar-refractivity contribution is 5.85. The van der Waals surface area contributed by atoms with E-state index in [1.54, 1.807) is 6.20 Å². The zero-order valence-corrected chi connectivity index (χ0v) is 19.5. The van der Waals surface area contributed by atoms with Crippen LogP contribution in [0.15, 0.2) is 48.7 Å². The van der Waals surface area contributed by atoms with E-state index in [0.29, 0.717) is 18.4 Å². The minimum absolute atomic E-state index is 0. The van der Waals surface area contributed by atoms with Crippen molar-refractivity contribution >= 4 is 30.7 Å². The highest BCUT2D eigenvalue weighted by Gasteiger charge is 2.40. The van der Waals surface area contributed by atoms with Crippen LogP contribution < -0.4 is 15.8 Å². The fourth-order valence-electron chi connectivity index (χ4n) is 4.93. The van der Waals surface area contributed by atoms with Crippen LogP contribution in [-0.2, 0) is 11.4 Å². The number of fused-ring (bicyclic) bond motifs is 2. The number of amides is 1. The van der Waals surface area contributed by atoms with Crippen LogP contribution in [0, 0.1) is 17.8 Å². The maximum atomic E-state index is 12.9. The number of halogens is 2. The van der Waals surface area contributed by atoms with E-state index in [0.717, 1.165) is 29.8 Å². The average Bonchev–Trinajstić information content (AvgIpc) is 2.73. The number of nitrogens with one attached hydrogen (secondary N) is 1. The normalized spacial score (nSPS) is 25.4. The van der Waals surface area contributed by atoms with E-state index < -0.39 is 0 Å². The van der Waals surface area contributed by atoms with Gasteiger partial charge in [0.15, 0.2) is 0 Å². The summed E-state index contributed by atoms with van der Waals surface area (Å²) in [5, 5.41) is 3.22. The van der Waals surface area contributed by atoms with Gasteiger partial charge in [0.1, 0.15) is 12.4 Å². The largest absolute Gasteiger partial charge is 0.487 e. The summed E-state index contributed by atoms with van der Waals surface area (Å²) in [5.41, 5.74) is 8.31. The van der Waals surface area contributed by atoms with Crippen LogP contribution in [-0.4, -0.2) is 16.9 Å². The highest BCUT2D eigenvalue weighted by Crippen LogP contribution is 2.42. The molecule has 3 N–H and O–H groups in total. The number of rotatable bonds is 6. The molecule has 0 saturated heterocycles. The van der Waals surface area contributed by atoms with Crippen molar-refractivity contribution in [1.82, 2.24) is 10.3 Å². The average molecular weight is 466 g/mol. The second-order valence-corrected chi connectivity index (χ2v) is 8.61. The third kappa shape index (κ3) is 6.34. The standard InChI is InChI=1S/C24H31N3O2.2ClH/c1-16(27-24(28)20-12-18-7-4-8-19(13-20)23(18)25)17-6-5-10-22(14-17)29-15-21-9-2-3-11-26-21;;/h2-3,5-6,9-11,14,16,18-20,23H,4,7-8,12-13,15,25H2,1H3,(H,27,28);2*1H. The summed E-state index contributed by atoms with van der Waals surface area (Å²) in [6.07, 6.45) is 7.24. The molecule has 2 aromatic rings. The van der Waals surface area contributed by atoms with Crippen LogP contribution in [0.25, 0.3) is 0 Å². The van der Waals surface area contributed by atoms with Gasteiger partial charge in [-0.2, -0.15) is 0 Å². The molecule has 170 valence electrons. The Morgan fingerprint density at radius 3 is 2.58 bits per heavy atom. The molecule has 3 atom stereocenters. The van der Waals surface area contributed by atoms with Crippen LogP contribution in [0.2, 0.25) is 0 Å². The molecular formula is C24H33Cl2N3O2. The van der Waals surface area contributed by atoms with Crippen LogP contribution in [0.1, 0.15) is 56.3 Å². The van der Waals surface area contributed by atoms with Gasteiger partial charge in [0.25, 0.3) is 0 Å². The van der Waals surface area contributed by atoms with Gasteiger partial charge in [-0.25, -0.2) is 0 Å². The predicted octanol–water partition coefficient (Wildman–Crippen LogP) is 4.84. The van der Waals surface area contributed by atoms with Gasteiger partial charge in [0.05, 0.1) is 11.7 Å². The second-order valence-electron chi connectivity index (χ2n) is 8.61. The number of benzene rings is 1. The summed E-state index contributed by atoms with van der Waals surface area (Å²) >= 11 is 0. The summed E-state index contributed by atoms with van der Waals surface area (Å²) in [4.78, 5) is 17.2. The lowest BCUT2D eigenvalue weighted by Crippen LogP contribution is -2.49. The zero-order chi connectivity index (χ0) is 20.2. The van der Waals surface area contributed by atoms with Crippen LogP contribution in [0.4, 0.5) is 0 Å². The van der Waals surface area contributed by atoms with E-state index in [1.165, 1.54) is 19.3 Å². The molecule has 2 aliphatic carbocycles. The van der Waals surface area contributed by atoms with Gasteiger partial charge in [-0.3, -0.25) is 9.78 Å². The molecular weight excluding hydrogens is 433 g/mol. The molecule has 2 saturated carbocycles. The van der Waals surface area contributed by atoms with Gasteiger partial charge in [-0.15, -0.1) is 24.8 Å². The molecule has 31 heavy (non-hydrogen) atoms. The number of nitrogens with zero attached hydrogens (tertiary/aromatic N) is 1. The van der Waals surface area contributed by atoms with Gasteiger partial charge in [0.2, 0.25) is 5.91 Å². The molecule has 2 fully saturated rings. The highest BCUT2D eigenvalue weighted by atomic mass is 35.5. The third-order valence-corrected chi connectivity index (χ3v) is 6.61. The molecule has 1 aromatic carbocycles. The summed E-state index contributed by atoms with van der Waals surface area (Å²) < 4.78 is 5.88. The lowest BCUT2D eigenvalue weighted by Gasteiger charge is -2.43. The number of ether oxygens (including phenoxy) is 1. The Morgan fingerprint density at radius 2 is 1.90 bits per heavy atom. The Bertz CT molecular complexity index is 823. The number of aromatic nitrogens is 1. The first kappa shape index (κ1) is 25.4. The lowest BCUT2D eigenvalue weighted by molar-refractivity contribution is -0.128. The van der Waals surface area contributed by atoms with Crippen LogP contribution in [0.3, 0.4) is 0 Å². The molecule has 0 aliphatic heterocycles. The Labute approximate surface area is 197 Å². The number of hydrogen-bond donors (Lipinski definition) is 2. The van der Waals surface area contributed by atoms with E-state index in [4.69, 9.17) is 10.5 Å². The monoisotopic (exact) mass is 465 g/mol. The Morgan fingerprint density at radius 1 is 1.16 bits per heavy atom. The van der Waals surface area contributed by atoms with E-state index in [2.05, 4.69) is 10.3 Å². The number of hydrogen-bond acceptors (Lipinski definition) is 4. The van der Waals surface area contributed by atoms with Crippen molar-refractivity contribution in [2.24, 2.45) is 23.5 Å². The van der Waals surface area contributed by atoms with Crippen molar-refractivity contribution in [3.05, 3.63) is 59.9 Å². The van der Waals surface area contributed by atoms with Crippen molar-refractivity contribution in [2.75, 3.05) is 0 Å². The molecule has 5 nitrogen and oxygen atoms in total. The van der Waals surface area contributed by atoms with E-state index in [9.17, 15) is 4.79 Å². The first-order valence-electron chi connectivity index (χ1n) is 10.8. The first-order valence-corrected chi connectivity index (χ1v) is 10.8. The number of carbonyl (C=O) groups excluding carboxylic acids is 1. The number of pyridine rings is 1. The molecule has 2 aliphatic rings. The quantitative estimate of drug-likeness (QED) is 0.639. The van der Waals surface area contributed by atoms with Crippen LogP contribution >= 0.6 is 24.8 Å². The maximum Gasteiger partial charge on any atom is 0.223 e. The zero-order valence-electron chi connectivity index (χ0n) is 17.9. The van der Waals surface area contributed by atoms with Gasteiger partial charge in [-0.1, -0.05) is 24.6 Å². The summed E-state index contributed by atoms with van der Waals surface area (Å²) in [6, 6.07) is 13.9. The maximum absolute atomic E-state index is 12.9. The molecule has 2 bridgehead atoms. The number of nitrogens with two attached hydrogens (primary N) is 1. The number of carbonyl (C=O) groups is 1. The van der Waals surface area contributed by atoms with Crippen LogP contribution in [0.5, 0.6) is 5.75 Å².